The predicted molar refractivity (Wildman–Crippen MR) is 99.9 cm³/mol. The molecule has 1 unspecified atom stereocenters. The fourth-order valence-electron chi connectivity index (χ4n) is 3.36. The second-order valence-electron chi connectivity index (χ2n) is 7.23. The molecular formula is C18H26N4OS. The van der Waals surface area contributed by atoms with Gasteiger partial charge in [0.1, 0.15) is 12.4 Å². The molecule has 5 nitrogen and oxygen atoms in total. The molecule has 2 aromatic rings. The molecule has 1 aliphatic rings. The van der Waals surface area contributed by atoms with Crippen LogP contribution in [0.4, 0.5) is 0 Å². The lowest BCUT2D eigenvalue weighted by atomic mass is 9.79. The van der Waals surface area contributed by atoms with Crippen molar-refractivity contribution in [1.29, 1.82) is 0 Å². The minimum Gasteiger partial charge on any atom is -0.340 e. The van der Waals surface area contributed by atoms with E-state index in [1.807, 2.05) is 29.2 Å². The third-order valence-corrected chi connectivity index (χ3v) is 5.51. The number of nitrogens with two attached hydrogens (primary N) is 1. The second kappa shape index (κ2) is 6.76. The number of hydrogen-bond donors (Lipinski definition) is 1. The Bertz CT molecular complexity index is 740. The van der Waals surface area contributed by atoms with Gasteiger partial charge in [-0.15, -0.1) is 0 Å². The number of imidazole rings is 1. The number of nitrogens with zero attached hydrogens (tertiary/aromatic N) is 3. The van der Waals surface area contributed by atoms with E-state index in [9.17, 15) is 4.79 Å². The standard InChI is InChI=1S/C18H26N4OS/c1-18(2)12-21(9-8-15(18)19)17(23)10-22-14-7-5-4-6-13(14)20-16(22)11-24-3/h4-7,15H,8-12,19H2,1-3H3. The molecule has 1 fully saturated rings. The molecule has 2 N–H and O–H groups in total. The third kappa shape index (κ3) is 3.30. The normalized spacial score (nSPS) is 20.5. The van der Waals surface area contributed by atoms with E-state index in [1.54, 1.807) is 11.8 Å². The van der Waals surface area contributed by atoms with E-state index in [0.717, 1.165) is 42.1 Å². The Kier molecular flexibility index (Phi) is 4.88. The van der Waals surface area contributed by atoms with E-state index >= 15 is 0 Å². The maximum Gasteiger partial charge on any atom is 0.242 e. The molecule has 6 heteroatoms. The fraction of sp³-hybridized carbons (Fsp3) is 0.556. The van der Waals surface area contributed by atoms with Gasteiger partial charge in [-0.25, -0.2) is 4.98 Å². The zero-order chi connectivity index (χ0) is 17.3. The summed E-state index contributed by atoms with van der Waals surface area (Å²) < 4.78 is 2.07. The maximum atomic E-state index is 12.9. The Labute approximate surface area is 147 Å². The molecule has 1 atom stereocenters. The third-order valence-electron chi connectivity index (χ3n) is 4.97. The summed E-state index contributed by atoms with van der Waals surface area (Å²) in [6, 6.07) is 8.18. The maximum absolute atomic E-state index is 12.9. The number of carbonyl (C=O) groups excluding carboxylic acids is 1. The van der Waals surface area contributed by atoms with Crippen LogP contribution in [-0.4, -0.2) is 45.7 Å². The highest BCUT2D eigenvalue weighted by Gasteiger charge is 2.35. The summed E-state index contributed by atoms with van der Waals surface area (Å²) in [5.74, 6) is 1.92. The first-order valence-electron chi connectivity index (χ1n) is 8.39. The van der Waals surface area contributed by atoms with E-state index in [4.69, 9.17) is 10.7 Å². The lowest BCUT2D eigenvalue weighted by molar-refractivity contribution is -0.135. The molecule has 2 heterocycles. The lowest BCUT2D eigenvalue weighted by Gasteiger charge is -2.42. The molecule has 0 aliphatic carbocycles. The predicted octanol–water partition coefficient (Wildman–Crippen LogP) is 2.49. The zero-order valence-electron chi connectivity index (χ0n) is 14.7. The number of likely N-dealkylation sites (tertiary alicyclic amines) is 1. The quantitative estimate of drug-likeness (QED) is 0.924. The summed E-state index contributed by atoms with van der Waals surface area (Å²) in [7, 11) is 0. The Morgan fingerprint density at radius 1 is 1.42 bits per heavy atom. The van der Waals surface area contributed by atoms with Crippen molar-refractivity contribution in [1.82, 2.24) is 14.5 Å². The largest absolute Gasteiger partial charge is 0.340 e. The molecule has 130 valence electrons. The van der Waals surface area contributed by atoms with Crippen molar-refractivity contribution in [2.24, 2.45) is 11.1 Å². The highest BCUT2D eigenvalue weighted by molar-refractivity contribution is 7.97. The summed E-state index contributed by atoms with van der Waals surface area (Å²) in [5, 5.41) is 0. The van der Waals surface area contributed by atoms with Crippen LogP contribution in [0.15, 0.2) is 24.3 Å². The molecule has 3 rings (SSSR count). The van der Waals surface area contributed by atoms with Crippen LogP contribution < -0.4 is 5.73 Å². The Balaban J connectivity index is 1.84. The number of amides is 1. The van der Waals surface area contributed by atoms with Gasteiger partial charge in [0.15, 0.2) is 0 Å². The molecule has 1 aromatic carbocycles. The van der Waals surface area contributed by atoms with Crippen molar-refractivity contribution >= 4 is 28.7 Å². The first-order chi connectivity index (χ1) is 11.4. The van der Waals surface area contributed by atoms with Crippen LogP contribution in [0, 0.1) is 5.41 Å². The van der Waals surface area contributed by atoms with Crippen LogP contribution >= 0.6 is 11.8 Å². The number of hydrogen-bond acceptors (Lipinski definition) is 4. The minimum absolute atomic E-state index is 0.0347. The van der Waals surface area contributed by atoms with Crippen LogP contribution in [0.5, 0.6) is 0 Å². The molecule has 1 saturated heterocycles. The molecule has 0 radical (unpaired) electrons. The van der Waals surface area contributed by atoms with Gasteiger partial charge < -0.3 is 15.2 Å². The highest BCUT2D eigenvalue weighted by atomic mass is 32.2. The number of rotatable bonds is 4. The van der Waals surface area contributed by atoms with Crippen molar-refractivity contribution in [2.75, 3.05) is 19.3 Å². The SMILES string of the molecule is CSCc1nc2ccccc2n1CC(=O)N1CCC(N)C(C)(C)C1. The first kappa shape index (κ1) is 17.3. The highest BCUT2D eigenvalue weighted by Crippen LogP contribution is 2.28. The summed E-state index contributed by atoms with van der Waals surface area (Å²) >= 11 is 1.72. The summed E-state index contributed by atoms with van der Waals surface area (Å²) in [4.78, 5) is 19.5. The topological polar surface area (TPSA) is 64.2 Å². The van der Waals surface area contributed by atoms with E-state index in [1.165, 1.54) is 0 Å². The van der Waals surface area contributed by atoms with Gasteiger partial charge >= 0.3 is 0 Å². The van der Waals surface area contributed by atoms with Gasteiger partial charge in [0.05, 0.1) is 16.8 Å². The average molecular weight is 347 g/mol. The Hall–Kier alpha value is -1.53. The molecule has 1 aromatic heterocycles. The van der Waals surface area contributed by atoms with Crippen LogP contribution in [-0.2, 0) is 17.1 Å². The molecule has 1 aliphatic heterocycles. The summed E-state index contributed by atoms with van der Waals surface area (Å²) in [5.41, 5.74) is 8.14. The fourth-order valence-corrected chi connectivity index (χ4v) is 3.84. The summed E-state index contributed by atoms with van der Waals surface area (Å²) in [6.07, 6.45) is 2.92. The van der Waals surface area contributed by atoms with Crippen LogP contribution in [0.25, 0.3) is 11.0 Å². The van der Waals surface area contributed by atoms with E-state index < -0.39 is 0 Å². The van der Waals surface area contributed by atoms with Gasteiger partial charge in [0, 0.05) is 19.1 Å². The smallest absolute Gasteiger partial charge is 0.242 e. The van der Waals surface area contributed by atoms with Crippen LogP contribution in [0.1, 0.15) is 26.1 Å². The first-order valence-corrected chi connectivity index (χ1v) is 9.78. The number of carbonyl (C=O) groups is 1. The van der Waals surface area contributed by atoms with E-state index in [0.29, 0.717) is 6.54 Å². The van der Waals surface area contributed by atoms with Gasteiger partial charge in [0.2, 0.25) is 5.91 Å². The number of benzene rings is 1. The molecule has 24 heavy (non-hydrogen) atoms. The number of thioether (sulfide) groups is 1. The van der Waals surface area contributed by atoms with Crippen molar-refractivity contribution in [3.05, 3.63) is 30.1 Å². The van der Waals surface area contributed by atoms with Crippen molar-refractivity contribution in [2.45, 2.75) is 38.6 Å². The van der Waals surface area contributed by atoms with Gasteiger partial charge in [0.25, 0.3) is 0 Å². The molecule has 1 amide bonds. The average Bonchev–Trinajstić information content (AvgIpc) is 2.88. The Morgan fingerprint density at radius 2 is 2.17 bits per heavy atom. The van der Waals surface area contributed by atoms with Crippen LogP contribution in [0.3, 0.4) is 0 Å². The lowest BCUT2D eigenvalue weighted by Crippen LogP contribution is -2.54. The van der Waals surface area contributed by atoms with Crippen molar-refractivity contribution in [3.8, 4) is 0 Å². The van der Waals surface area contributed by atoms with Crippen molar-refractivity contribution in [3.63, 3.8) is 0 Å². The van der Waals surface area contributed by atoms with Gasteiger partial charge in [-0.1, -0.05) is 26.0 Å². The second-order valence-corrected chi connectivity index (χ2v) is 8.10. The van der Waals surface area contributed by atoms with E-state index in [2.05, 4.69) is 24.7 Å². The zero-order valence-corrected chi connectivity index (χ0v) is 15.5. The number of fused-ring (bicyclic) bond motifs is 1. The van der Waals surface area contributed by atoms with Gasteiger partial charge in [-0.3, -0.25) is 4.79 Å². The van der Waals surface area contributed by atoms with Gasteiger partial charge in [-0.2, -0.15) is 11.8 Å². The molecular weight excluding hydrogens is 320 g/mol. The Morgan fingerprint density at radius 3 is 2.88 bits per heavy atom. The summed E-state index contributed by atoms with van der Waals surface area (Å²) in [6.45, 7) is 6.10. The van der Waals surface area contributed by atoms with E-state index in [-0.39, 0.29) is 17.4 Å². The monoisotopic (exact) mass is 346 g/mol. The molecule has 0 bridgehead atoms. The van der Waals surface area contributed by atoms with Gasteiger partial charge in [-0.05, 0) is 30.2 Å². The minimum atomic E-state index is -0.0347. The molecule has 0 saturated carbocycles. The van der Waals surface area contributed by atoms with Crippen molar-refractivity contribution < 1.29 is 4.79 Å². The number of piperidine rings is 1. The van der Waals surface area contributed by atoms with Crippen LogP contribution in [0.2, 0.25) is 0 Å². The molecule has 0 spiro atoms. The number of aromatic nitrogens is 2. The number of para-hydroxylation sites is 2.